The summed E-state index contributed by atoms with van der Waals surface area (Å²) >= 11 is 0. The lowest BCUT2D eigenvalue weighted by Crippen LogP contribution is -2.32. The lowest BCUT2D eigenvalue weighted by Gasteiger charge is -2.16. The highest BCUT2D eigenvalue weighted by Crippen LogP contribution is 2.37. The molecule has 8 heteroatoms. The molecule has 0 aromatic heterocycles. The number of hydrogen-bond donors (Lipinski definition) is 1. The van der Waals surface area contributed by atoms with Gasteiger partial charge in [-0.1, -0.05) is 12.1 Å². The van der Waals surface area contributed by atoms with Crippen LogP contribution >= 0.6 is 0 Å². The molecule has 1 N–H and O–H groups in total. The summed E-state index contributed by atoms with van der Waals surface area (Å²) < 4.78 is 37.5. The zero-order chi connectivity index (χ0) is 22.8. The molecule has 0 atom stereocenters. The van der Waals surface area contributed by atoms with Crippen LogP contribution in [-0.4, -0.2) is 26.0 Å². The van der Waals surface area contributed by atoms with Gasteiger partial charge >= 0.3 is 0 Å². The van der Waals surface area contributed by atoms with Gasteiger partial charge in [0.2, 0.25) is 0 Å². The molecule has 4 rings (SSSR count). The van der Waals surface area contributed by atoms with Crippen LogP contribution < -0.4 is 19.7 Å². The molecular weight excluding hydrogens is 418 g/mol. The van der Waals surface area contributed by atoms with Crippen molar-refractivity contribution >= 4 is 28.8 Å². The van der Waals surface area contributed by atoms with E-state index in [1.807, 2.05) is 0 Å². The van der Waals surface area contributed by atoms with Crippen LogP contribution in [0.3, 0.4) is 0 Å². The lowest BCUT2D eigenvalue weighted by molar-refractivity contribution is -0.120. The molecule has 0 saturated carbocycles. The van der Waals surface area contributed by atoms with E-state index in [1.54, 1.807) is 18.2 Å². The second-order valence-corrected chi connectivity index (χ2v) is 6.87. The third kappa shape index (κ3) is 3.78. The molecule has 0 radical (unpaired) electrons. The zero-order valence-corrected chi connectivity index (χ0v) is 17.2. The number of rotatable bonds is 6. The molecule has 6 nitrogen and oxygen atoms in total. The summed E-state index contributed by atoms with van der Waals surface area (Å²) in [6.45, 7) is 0. The number of nitrogens with zero attached hydrogens (tertiary/aromatic N) is 1. The number of nitrogens with one attached hydrogen (secondary N) is 1. The number of carbonyl (C=O) groups excluding carboxylic acids is 2. The fourth-order valence-corrected chi connectivity index (χ4v) is 3.40. The van der Waals surface area contributed by atoms with E-state index < -0.39 is 23.4 Å². The van der Waals surface area contributed by atoms with Gasteiger partial charge in [-0.25, -0.2) is 13.7 Å². The number of carbonyl (C=O) groups is 2. The van der Waals surface area contributed by atoms with Crippen LogP contribution in [0.2, 0.25) is 0 Å². The van der Waals surface area contributed by atoms with Crippen LogP contribution in [0.25, 0.3) is 5.57 Å². The van der Waals surface area contributed by atoms with Gasteiger partial charge in [-0.3, -0.25) is 9.59 Å². The van der Waals surface area contributed by atoms with E-state index in [-0.39, 0.29) is 17.0 Å². The van der Waals surface area contributed by atoms with Crippen molar-refractivity contribution in [2.45, 2.75) is 0 Å². The van der Waals surface area contributed by atoms with Crippen LogP contribution in [0.15, 0.2) is 72.4 Å². The van der Waals surface area contributed by atoms with E-state index in [0.717, 1.165) is 17.0 Å². The number of benzene rings is 3. The Hall–Kier alpha value is -4.20. The minimum Gasteiger partial charge on any atom is -0.497 e. The van der Waals surface area contributed by atoms with E-state index in [0.29, 0.717) is 22.7 Å². The largest absolute Gasteiger partial charge is 0.497 e. The van der Waals surface area contributed by atoms with Gasteiger partial charge in [-0.2, -0.15) is 0 Å². The minimum absolute atomic E-state index is 0.0301. The summed E-state index contributed by atoms with van der Waals surface area (Å²) in [5, 5.41) is 2.98. The maximum Gasteiger partial charge on any atom is 0.282 e. The van der Waals surface area contributed by atoms with Crippen molar-refractivity contribution in [1.82, 2.24) is 0 Å². The van der Waals surface area contributed by atoms with Crippen LogP contribution in [0, 0.1) is 11.6 Å². The van der Waals surface area contributed by atoms with E-state index >= 15 is 0 Å². The highest BCUT2D eigenvalue weighted by atomic mass is 19.1. The Bertz CT molecular complexity index is 1220. The Labute approximate surface area is 182 Å². The molecule has 1 heterocycles. The molecule has 0 unspecified atom stereocenters. The quantitative estimate of drug-likeness (QED) is 0.581. The first-order valence-corrected chi connectivity index (χ1v) is 9.56. The maximum absolute atomic E-state index is 13.5. The van der Waals surface area contributed by atoms with Gasteiger partial charge in [-0.15, -0.1) is 0 Å². The number of amides is 2. The summed E-state index contributed by atoms with van der Waals surface area (Å²) in [5.41, 5.74) is 0.958. The Morgan fingerprint density at radius 1 is 0.781 bits per heavy atom. The average Bonchev–Trinajstić information content (AvgIpc) is 3.04. The van der Waals surface area contributed by atoms with Crippen molar-refractivity contribution in [2.24, 2.45) is 0 Å². The van der Waals surface area contributed by atoms with Crippen molar-refractivity contribution in [3.63, 3.8) is 0 Å². The van der Waals surface area contributed by atoms with E-state index in [9.17, 15) is 18.4 Å². The molecule has 1 aliphatic rings. The number of hydrogen-bond acceptors (Lipinski definition) is 5. The van der Waals surface area contributed by atoms with Crippen LogP contribution in [0.1, 0.15) is 5.56 Å². The van der Waals surface area contributed by atoms with Crippen LogP contribution in [0.4, 0.5) is 20.2 Å². The predicted molar refractivity (Wildman–Crippen MR) is 115 cm³/mol. The molecule has 1 aliphatic heterocycles. The molecule has 3 aromatic carbocycles. The number of imide groups is 1. The van der Waals surface area contributed by atoms with Gasteiger partial charge in [0.15, 0.2) is 0 Å². The Morgan fingerprint density at radius 3 is 2.00 bits per heavy atom. The highest BCUT2D eigenvalue weighted by molar-refractivity contribution is 6.46. The highest BCUT2D eigenvalue weighted by Gasteiger charge is 2.40. The molecule has 0 bridgehead atoms. The lowest BCUT2D eigenvalue weighted by atomic mass is 10.0. The van der Waals surface area contributed by atoms with Gasteiger partial charge in [0.1, 0.15) is 28.8 Å². The standard InChI is InChI=1S/C24H18F2N2O4/c1-31-18-11-12-20(32-2)19(13-18)27-22-21(14-3-5-15(25)6-4-14)23(29)28(24(22)30)17-9-7-16(26)8-10-17/h3-13,27H,1-2H3. The predicted octanol–water partition coefficient (Wildman–Crippen LogP) is 4.38. The van der Waals surface area contributed by atoms with E-state index in [1.165, 1.54) is 50.6 Å². The SMILES string of the molecule is COc1ccc(OC)c(NC2=C(c3ccc(F)cc3)C(=O)N(c3ccc(F)cc3)C2=O)c1. The van der Waals surface area contributed by atoms with Crippen molar-refractivity contribution in [1.29, 1.82) is 0 Å². The summed E-state index contributed by atoms with van der Waals surface area (Å²) in [5.74, 6) is -1.34. The smallest absolute Gasteiger partial charge is 0.282 e. The van der Waals surface area contributed by atoms with E-state index in [4.69, 9.17) is 9.47 Å². The molecule has 0 aliphatic carbocycles. The second-order valence-electron chi connectivity index (χ2n) is 6.87. The molecule has 0 saturated heterocycles. The van der Waals surface area contributed by atoms with E-state index in [2.05, 4.69) is 5.32 Å². The number of methoxy groups -OCH3 is 2. The summed E-state index contributed by atoms with van der Waals surface area (Å²) in [7, 11) is 2.96. The molecule has 0 spiro atoms. The Morgan fingerprint density at radius 2 is 1.41 bits per heavy atom. The molecule has 162 valence electrons. The normalized spacial score (nSPS) is 13.6. The second kappa shape index (κ2) is 8.50. The number of ether oxygens (including phenoxy) is 2. The third-order valence-electron chi connectivity index (χ3n) is 4.97. The van der Waals surface area contributed by atoms with Gasteiger partial charge < -0.3 is 14.8 Å². The van der Waals surface area contributed by atoms with Crippen LogP contribution in [0.5, 0.6) is 11.5 Å². The van der Waals surface area contributed by atoms with Gasteiger partial charge in [0.05, 0.1) is 31.2 Å². The first kappa shape index (κ1) is 21.0. The maximum atomic E-state index is 13.5. The third-order valence-corrected chi connectivity index (χ3v) is 4.97. The van der Waals surface area contributed by atoms with Gasteiger partial charge in [-0.05, 0) is 54.1 Å². The fourth-order valence-electron chi connectivity index (χ4n) is 3.40. The molecular formula is C24H18F2N2O4. The Balaban J connectivity index is 1.84. The molecule has 32 heavy (non-hydrogen) atoms. The Kier molecular flexibility index (Phi) is 5.59. The van der Waals surface area contributed by atoms with Crippen LogP contribution in [-0.2, 0) is 9.59 Å². The zero-order valence-electron chi connectivity index (χ0n) is 17.2. The van der Waals surface area contributed by atoms with Crippen molar-refractivity contribution in [3.05, 3.63) is 89.6 Å². The number of halogens is 2. The molecule has 2 amide bonds. The monoisotopic (exact) mass is 436 g/mol. The average molecular weight is 436 g/mol. The first-order valence-electron chi connectivity index (χ1n) is 9.56. The topological polar surface area (TPSA) is 67.9 Å². The molecule has 0 fully saturated rings. The number of anilines is 2. The first-order chi connectivity index (χ1) is 15.4. The minimum atomic E-state index is -0.647. The van der Waals surface area contributed by atoms with Gasteiger partial charge in [0.25, 0.3) is 11.8 Å². The van der Waals surface area contributed by atoms with Crippen molar-refractivity contribution in [2.75, 3.05) is 24.4 Å². The van der Waals surface area contributed by atoms with Gasteiger partial charge in [0, 0.05) is 6.07 Å². The van der Waals surface area contributed by atoms with Crippen molar-refractivity contribution < 1.29 is 27.8 Å². The van der Waals surface area contributed by atoms with Crippen molar-refractivity contribution in [3.8, 4) is 11.5 Å². The summed E-state index contributed by atoms with van der Waals surface area (Å²) in [4.78, 5) is 27.6. The summed E-state index contributed by atoms with van der Waals surface area (Å²) in [6, 6.07) is 15.2. The fraction of sp³-hybridized carbons (Fsp3) is 0.0833. The summed E-state index contributed by atoms with van der Waals surface area (Å²) in [6.07, 6.45) is 0. The molecule has 3 aromatic rings.